The van der Waals surface area contributed by atoms with Gasteiger partial charge in [-0.05, 0) is 36.4 Å². The number of nitrogen functional groups attached to an aromatic ring is 2. The van der Waals surface area contributed by atoms with Crippen molar-refractivity contribution in [3.8, 4) is 28.7 Å². The summed E-state index contributed by atoms with van der Waals surface area (Å²) in [5, 5.41) is 0.950. The molecule has 0 aliphatic rings. The molecular formula is C25H27N3O8S. The number of nitrogens with two attached hydrogens (primary N) is 2. The summed E-state index contributed by atoms with van der Waals surface area (Å²) < 4.78 is 54.6. The number of esters is 1. The maximum absolute atomic E-state index is 12.8. The topological polar surface area (TPSA) is 161 Å². The second-order valence-corrected chi connectivity index (χ2v) is 9.11. The standard InChI is InChI=1S/C25H27N3O8S/c1-32-19-13-22(34-3)20(23(14-19)35-4)7-8-37(30,31)28-18-5-6-21(33-2)24(12-18)36-25(29)15-9-16(26)11-17(27)10-15/h5-14,28H,26-27H2,1-4H3. The van der Waals surface area contributed by atoms with Gasteiger partial charge in [0, 0.05) is 29.6 Å². The number of ether oxygens (including phenoxy) is 5. The number of anilines is 3. The first-order valence-corrected chi connectivity index (χ1v) is 12.2. The minimum atomic E-state index is -4.01. The molecule has 37 heavy (non-hydrogen) atoms. The Morgan fingerprint density at radius 2 is 1.38 bits per heavy atom. The highest BCUT2D eigenvalue weighted by atomic mass is 32.2. The number of carbonyl (C=O) groups excluding carboxylic acids is 1. The highest BCUT2D eigenvalue weighted by Crippen LogP contribution is 2.36. The van der Waals surface area contributed by atoms with Gasteiger partial charge < -0.3 is 35.2 Å². The number of hydrogen-bond donors (Lipinski definition) is 3. The van der Waals surface area contributed by atoms with Gasteiger partial charge in [-0.25, -0.2) is 13.2 Å². The van der Waals surface area contributed by atoms with Crippen LogP contribution in [0.25, 0.3) is 6.08 Å². The molecular weight excluding hydrogens is 502 g/mol. The Kier molecular flexibility index (Phi) is 8.35. The molecule has 0 aliphatic heterocycles. The molecule has 0 bridgehead atoms. The van der Waals surface area contributed by atoms with E-state index in [1.54, 1.807) is 12.1 Å². The first-order chi connectivity index (χ1) is 17.6. The fraction of sp³-hybridized carbons (Fsp3) is 0.160. The Morgan fingerprint density at radius 1 is 0.784 bits per heavy atom. The molecule has 0 heterocycles. The Balaban J connectivity index is 1.87. The van der Waals surface area contributed by atoms with Crippen molar-refractivity contribution < 1.29 is 36.9 Å². The normalized spacial score (nSPS) is 11.1. The maximum Gasteiger partial charge on any atom is 0.343 e. The van der Waals surface area contributed by atoms with Crippen LogP contribution in [0.5, 0.6) is 28.7 Å². The number of nitrogens with one attached hydrogen (secondary N) is 1. The van der Waals surface area contributed by atoms with E-state index in [2.05, 4.69) is 4.72 Å². The van der Waals surface area contributed by atoms with E-state index in [-0.39, 0.29) is 34.1 Å². The molecule has 0 fully saturated rings. The van der Waals surface area contributed by atoms with Crippen molar-refractivity contribution in [3.63, 3.8) is 0 Å². The highest BCUT2D eigenvalue weighted by Gasteiger charge is 2.17. The fourth-order valence-electron chi connectivity index (χ4n) is 3.33. The van der Waals surface area contributed by atoms with E-state index in [1.807, 2.05) is 0 Å². The van der Waals surface area contributed by atoms with Gasteiger partial charge in [0.1, 0.15) is 17.2 Å². The highest BCUT2D eigenvalue weighted by molar-refractivity contribution is 7.95. The minimum Gasteiger partial charge on any atom is -0.496 e. The van der Waals surface area contributed by atoms with Crippen LogP contribution in [-0.4, -0.2) is 42.8 Å². The molecule has 5 N–H and O–H groups in total. The lowest BCUT2D eigenvalue weighted by atomic mass is 10.1. The van der Waals surface area contributed by atoms with Gasteiger partial charge >= 0.3 is 5.97 Å². The fourth-order valence-corrected chi connectivity index (χ4v) is 4.16. The van der Waals surface area contributed by atoms with Crippen LogP contribution in [0.15, 0.2) is 53.9 Å². The van der Waals surface area contributed by atoms with Gasteiger partial charge in [0.05, 0.1) is 50.7 Å². The van der Waals surface area contributed by atoms with Crippen molar-refractivity contribution >= 4 is 39.1 Å². The summed E-state index contributed by atoms with van der Waals surface area (Å²) in [5.74, 6) is 0.614. The molecule has 3 aromatic carbocycles. The smallest absolute Gasteiger partial charge is 0.343 e. The van der Waals surface area contributed by atoms with Crippen LogP contribution in [0.4, 0.5) is 17.1 Å². The minimum absolute atomic E-state index is 0.0174. The molecule has 0 saturated heterocycles. The number of carbonyl (C=O) groups is 1. The molecule has 3 rings (SSSR count). The third kappa shape index (κ3) is 6.76. The van der Waals surface area contributed by atoms with E-state index in [4.69, 9.17) is 35.2 Å². The summed E-state index contributed by atoms with van der Waals surface area (Å²) in [6, 6.07) is 11.7. The van der Waals surface area contributed by atoms with E-state index in [0.29, 0.717) is 22.8 Å². The van der Waals surface area contributed by atoms with Crippen molar-refractivity contribution in [2.45, 2.75) is 0 Å². The van der Waals surface area contributed by atoms with Crippen LogP contribution in [0, 0.1) is 0 Å². The first-order valence-electron chi connectivity index (χ1n) is 10.7. The van der Waals surface area contributed by atoms with Crippen molar-refractivity contribution in [2.24, 2.45) is 0 Å². The molecule has 0 amide bonds. The predicted molar refractivity (Wildman–Crippen MR) is 141 cm³/mol. The SMILES string of the molecule is COc1cc(OC)c(C=CS(=O)(=O)Nc2ccc(OC)c(OC(=O)c3cc(N)cc(N)c3)c2)c(OC)c1. The molecule has 0 aliphatic carbocycles. The summed E-state index contributed by atoms with van der Waals surface area (Å²) >= 11 is 0. The van der Waals surface area contributed by atoms with E-state index >= 15 is 0 Å². The van der Waals surface area contributed by atoms with Crippen molar-refractivity contribution in [3.05, 3.63) is 65.1 Å². The van der Waals surface area contributed by atoms with Crippen LogP contribution in [0.2, 0.25) is 0 Å². The number of hydrogen-bond acceptors (Lipinski definition) is 10. The van der Waals surface area contributed by atoms with Gasteiger partial charge in [-0.3, -0.25) is 4.72 Å². The van der Waals surface area contributed by atoms with Crippen LogP contribution >= 0.6 is 0 Å². The Bertz CT molecular complexity index is 1390. The molecule has 11 nitrogen and oxygen atoms in total. The third-order valence-corrected chi connectivity index (χ3v) is 6.02. The molecule has 12 heteroatoms. The van der Waals surface area contributed by atoms with Crippen molar-refractivity contribution in [2.75, 3.05) is 44.6 Å². The largest absolute Gasteiger partial charge is 0.496 e. The number of rotatable bonds is 10. The second kappa shape index (κ2) is 11.4. The van der Waals surface area contributed by atoms with E-state index in [0.717, 1.165) is 5.41 Å². The average molecular weight is 530 g/mol. The van der Waals surface area contributed by atoms with Crippen LogP contribution in [-0.2, 0) is 10.0 Å². The molecule has 0 spiro atoms. The summed E-state index contributed by atoms with van der Waals surface area (Å²) in [6.45, 7) is 0. The monoisotopic (exact) mass is 529 g/mol. The molecule has 196 valence electrons. The molecule has 0 saturated carbocycles. The summed E-state index contributed by atoms with van der Waals surface area (Å²) in [6.07, 6.45) is 1.33. The number of methoxy groups -OCH3 is 4. The van der Waals surface area contributed by atoms with Crippen LogP contribution < -0.4 is 39.9 Å². The van der Waals surface area contributed by atoms with Crippen molar-refractivity contribution in [1.29, 1.82) is 0 Å². The lowest BCUT2D eigenvalue weighted by Crippen LogP contribution is -2.12. The first kappa shape index (κ1) is 27.0. The number of benzene rings is 3. The summed E-state index contributed by atoms with van der Waals surface area (Å²) in [4.78, 5) is 12.6. The van der Waals surface area contributed by atoms with Crippen LogP contribution in [0.1, 0.15) is 15.9 Å². The van der Waals surface area contributed by atoms with E-state index < -0.39 is 16.0 Å². The second-order valence-electron chi connectivity index (χ2n) is 7.54. The third-order valence-electron chi connectivity index (χ3n) is 5.01. The molecule has 0 radical (unpaired) electrons. The molecule has 0 unspecified atom stereocenters. The average Bonchev–Trinajstić information content (AvgIpc) is 2.86. The number of sulfonamides is 1. The Labute approximate surface area is 214 Å². The Hall–Kier alpha value is -4.58. The van der Waals surface area contributed by atoms with E-state index in [9.17, 15) is 13.2 Å². The van der Waals surface area contributed by atoms with Crippen LogP contribution in [0.3, 0.4) is 0 Å². The van der Waals surface area contributed by atoms with Gasteiger partial charge in [0.25, 0.3) is 10.0 Å². The maximum atomic E-state index is 12.8. The quantitative estimate of drug-likeness (QED) is 0.201. The van der Waals surface area contributed by atoms with Gasteiger partial charge in [-0.15, -0.1) is 0 Å². The predicted octanol–water partition coefficient (Wildman–Crippen LogP) is 3.52. The Morgan fingerprint density at radius 3 is 1.92 bits per heavy atom. The van der Waals surface area contributed by atoms with Gasteiger partial charge in [0.15, 0.2) is 11.5 Å². The van der Waals surface area contributed by atoms with Crippen molar-refractivity contribution in [1.82, 2.24) is 0 Å². The van der Waals surface area contributed by atoms with Gasteiger partial charge in [-0.1, -0.05) is 0 Å². The van der Waals surface area contributed by atoms with Gasteiger partial charge in [-0.2, -0.15) is 0 Å². The summed E-state index contributed by atoms with van der Waals surface area (Å²) in [5.41, 5.74) is 12.7. The molecule has 0 atom stereocenters. The molecule has 0 aromatic heterocycles. The summed E-state index contributed by atoms with van der Waals surface area (Å²) in [7, 11) is 1.74. The van der Waals surface area contributed by atoms with E-state index in [1.165, 1.54) is 70.9 Å². The zero-order valence-electron chi connectivity index (χ0n) is 20.6. The molecule has 3 aromatic rings. The zero-order chi connectivity index (χ0) is 27.2. The zero-order valence-corrected chi connectivity index (χ0v) is 21.4. The lowest BCUT2D eigenvalue weighted by molar-refractivity contribution is 0.0730. The lowest BCUT2D eigenvalue weighted by Gasteiger charge is -2.13. The van der Waals surface area contributed by atoms with Gasteiger partial charge in [0.2, 0.25) is 0 Å².